The molecule has 0 saturated heterocycles. The van der Waals surface area contributed by atoms with Crippen LogP contribution < -0.4 is 4.90 Å². The number of benzene rings is 1. The van der Waals surface area contributed by atoms with Crippen molar-refractivity contribution in [3.63, 3.8) is 0 Å². The summed E-state index contributed by atoms with van der Waals surface area (Å²) in [5.74, 6) is -1.17. The Labute approximate surface area is 92.3 Å². The molecule has 0 aromatic heterocycles. The Morgan fingerprint density at radius 2 is 2.19 bits per heavy atom. The van der Waals surface area contributed by atoms with E-state index in [2.05, 4.69) is 0 Å². The summed E-state index contributed by atoms with van der Waals surface area (Å²) >= 11 is 0. The zero-order valence-electron chi connectivity index (χ0n) is 9.01. The van der Waals surface area contributed by atoms with Crippen LogP contribution in [0.5, 0.6) is 0 Å². The molecule has 6 heteroatoms. The highest BCUT2D eigenvalue weighted by atomic mass is 16.6. The predicted molar refractivity (Wildman–Crippen MR) is 59.0 cm³/mol. The number of hydrogen-bond acceptors (Lipinski definition) is 4. The minimum Gasteiger partial charge on any atom is -0.478 e. The first-order valence-electron chi connectivity index (χ1n) is 4.70. The Kier molecular flexibility index (Phi) is 3.44. The van der Waals surface area contributed by atoms with Gasteiger partial charge in [0, 0.05) is 19.7 Å². The Bertz CT molecular complexity index is 399. The molecule has 0 amide bonds. The van der Waals surface area contributed by atoms with E-state index in [1.54, 1.807) is 18.9 Å². The fourth-order valence-corrected chi connectivity index (χ4v) is 1.41. The lowest BCUT2D eigenvalue weighted by atomic mass is 10.1. The van der Waals surface area contributed by atoms with Gasteiger partial charge in [0.15, 0.2) is 0 Å². The minimum absolute atomic E-state index is 0.0569. The largest absolute Gasteiger partial charge is 0.478 e. The van der Waals surface area contributed by atoms with Crippen molar-refractivity contribution in [3.05, 3.63) is 33.9 Å². The van der Waals surface area contributed by atoms with Gasteiger partial charge in [0.2, 0.25) is 0 Å². The third-order valence-electron chi connectivity index (χ3n) is 2.30. The van der Waals surface area contributed by atoms with E-state index in [0.717, 1.165) is 0 Å². The number of nitro groups is 1. The average molecular weight is 224 g/mol. The lowest BCUT2D eigenvalue weighted by molar-refractivity contribution is -0.384. The number of nitro benzene ring substituents is 1. The van der Waals surface area contributed by atoms with E-state index in [-0.39, 0.29) is 16.9 Å². The average Bonchev–Trinajstić information content (AvgIpc) is 2.26. The van der Waals surface area contributed by atoms with Crippen molar-refractivity contribution in [1.82, 2.24) is 0 Å². The Balaban J connectivity index is 3.46. The van der Waals surface area contributed by atoms with Crippen LogP contribution in [0.1, 0.15) is 17.3 Å². The number of carboxylic acid groups (broad SMARTS) is 1. The Morgan fingerprint density at radius 3 is 2.62 bits per heavy atom. The van der Waals surface area contributed by atoms with E-state index in [9.17, 15) is 14.9 Å². The number of hydrogen-bond donors (Lipinski definition) is 1. The van der Waals surface area contributed by atoms with Gasteiger partial charge in [0.1, 0.15) is 5.69 Å². The molecule has 86 valence electrons. The molecule has 0 fully saturated rings. The minimum atomic E-state index is -1.17. The van der Waals surface area contributed by atoms with Crippen LogP contribution in [-0.2, 0) is 0 Å². The predicted octanol–water partition coefficient (Wildman–Crippen LogP) is 1.75. The maximum atomic E-state index is 11.0. The highest BCUT2D eigenvalue weighted by Gasteiger charge is 2.23. The first kappa shape index (κ1) is 12.0. The maximum absolute atomic E-state index is 11.0. The van der Waals surface area contributed by atoms with Gasteiger partial charge in [-0.25, -0.2) is 4.79 Å². The van der Waals surface area contributed by atoms with Gasteiger partial charge in [-0.2, -0.15) is 0 Å². The molecular weight excluding hydrogens is 212 g/mol. The summed E-state index contributed by atoms with van der Waals surface area (Å²) in [7, 11) is 1.62. The molecule has 1 aromatic carbocycles. The number of aromatic carboxylic acids is 1. The fourth-order valence-electron chi connectivity index (χ4n) is 1.41. The van der Waals surface area contributed by atoms with Gasteiger partial charge >= 0.3 is 5.97 Å². The first-order valence-corrected chi connectivity index (χ1v) is 4.70. The van der Waals surface area contributed by atoms with Crippen molar-refractivity contribution in [2.45, 2.75) is 6.92 Å². The molecule has 0 radical (unpaired) electrons. The summed E-state index contributed by atoms with van der Waals surface area (Å²) in [4.78, 5) is 22.7. The third kappa shape index (κ3) is 2.10. The third-order valence-corrected chi connectivity index (χ3v) is 2.30. The topological polar surface area (TPSA) is 83.7 Å². The summed E-state index contributed by atoms with van der Waals surface area (Å²) in [5.41, 5.74) is -0.106. The smallest absolute Gasteiger partial charge is 0.338 e. The zero-order chi connectivity index (χ0) is 12.3. The lowest BCUT2D eigenvalue weighted by Gasteiger charge is -2.18. The van der Waals surface area contributed by atoms with Crippen LogP contribution >= 0.6 is 0 Å². The quantitative estimate of drug-likeness (QED) is 0.622. The Hall–Kier alpha value is -2.11. The van der Waals surface area contributed by atoms with Gasteiger partial charge in [-0.15, -0.1) is 0 Å². The fraction of sp³-hybridized carbons (Fsp3) is 0.300. The van der Waals surface area contributed by atoms with E-state index in [0.29, 0.717) is 6.54 Å². The van der Waals surface area contributed by atoms with Gasteiger partial charge in [0.25, 0.3) is 5.69 Å². The highest BCUT2D eigenvalue weighted by Crippen LogP contribution is 2.31. The number of rotatable bonds is 4. The molecule has 0 bridgehead atoms. The summed E-state index contributed by atoms with van der Waals surface area (Å²) in [5, 5.41) is 19.8. The number of anilines is 1. The molecule has 0 saturated carbocycles. The maximum Gasteiger partial charge on any atom is 0.338 e. The van der Waals surface area contributed by atoms with Gasteiger partial charge in [-0.05, 0) is 13.0 Å². The van der Waals surface area contributed by atoms with Crippen LogP contribution in [0.25, 0.3) is 0 Å². The molecule has 0 aliphatic heterocycles. The molecular formula is C10H12N2O4. The monoisotopic (exact) mass is 224 g/mol. The number of carbonyl (C=O) groups is 1. The van der Waals surface area contributed by atoms with Gasteiger partial charge in [0.05, 0.1) is 10.5 Å². The highest BCUT2D eigenvalue weighted by molar-refractivity contribution is 5.97. The molecule has 0 aliphatic rings. The van der Waals surface area contributed by atoms with Crippen molar-refractivity contribution in [3.8, 4) is 0 Å². The van der Waals surface area contributed by atoms with Crippen LogP contribution in [0.15, 0.2) is 18.2 Å². The standard InChI is InChI=1S/C10H12N2O4/c1-3-11(2)9-7(10(13)14)5-4-6-8(9)12(15)16/h4-6H,3H2,1-2H3,(H,13,14). The van der Waals surface area contributed by atoms with Gasteiger partial charge in [-0.3, -0.25) is 10.1 Å². The van der Waals surface area contributed by atoms with Crippen molar-refractivity contribution in [2.24, 2.45) is 0 Å². The van der Waals surface area contributed by atoms with Gasteiger partial charge in [-0.1, -0.05) is 6.07 Å². The molecule has 0 heterocycles. The van der Waals surface area contributed by atoms with Crippen LogP contribution in [0.3, 0.4) is 0 Å². The lowest BCUT2D eigenvalue weighted by Crippen LogP contribution is -2.20. The number of carboxylic acids is 1. The molecule has 0 spiro atoms. The molecule has 16 heavy (non-hydrogen) atoms. The molecule has 1 rings (SSSR count). The first-order chi connectivity index (χ1) is 7.49. The van der Waals surface area contributed by atoms with E-state index < -0.39 is 10.9 Å². The summed E-state index contributed by atoms with van der Waals surface area (Å²) in [6.07, 6.45) is 0. The SMILES string of the molecule is CCN(C)c1c(C(=O)O)cccc1[N+](=O)[O-]. The van der Waals surface area contributed by atoms with E-state index in [4.69, 9.17) is 5.11 Å². The number of nitrogens with zero attached hydrogens (tertiary/aromatic N) is 2. The van der Waals surface area contributed by atoms with Crippen LogP contribution in [0.4, 0.5) is 11.4 Å². The van der Waals surface area contributed by atoms with Crippen molar-refractivity contribution in [2.75, 3.05) is 18.5 Å². The summed E-state index contributed by atoms with van der Waals surface area (Å²) < 4.78 is 0. The second-order valence-electron chi connectivity index (χ2n) is 3.25. The molecule has 6 nitrogen and oxygen atoms in total. The summed E-state index contributed by atoms with van der Waals surface area (Å²) in [6, 6.07) is 4.03. The Morgan fingerprint density at radius 1 is 1.56 bits per heavy atom. The van der Waals surface area contributed by atoms with E-state index >= 15 is 0 Å². The van der Waals surface area contributed by atoms with Crippen molar-refractivity contribution in [1.29, 1.82) is 0 Å². The molecule has 0 atom stereocenters. The summed E-state index contributed by atoms with van der Waals surface area (Å²) in [6.45, 7) is 2.29. The zero-order valence-corrected chi connectivity index (χ0v) is 9.01. The van der Waals surface area contributed by atoms with Crippen LogP contribution in [0.2, 0.25) is 0 Å². The normalized spacial score (nSPS) is 9.88. The van der Waals surface area contributed by atoms with E-state index in [1.807, 2.05) is 0 Å². The molecule has 1 N–H and O–H groups in total. The second-order valence-corrected chi connectivity index (χ2v) is 3.25. The molecule has 0 aliphatic carbocycles. The number of para-hydroxylation sites is 1. The molecule has 0 unspecified atom stereocenters. The van der Waals surface area contributed by atoms with Crippen LogP contribution in [-0.4, -0.2) is 29.6 Å². The second kappa shape index (κ2) is 4.61. The van der Waals surface area contributed by atoms with Crippen molar-refractivity contribution >= 4 is 17.3 Å². The molecule has 1 aromatic rings. The van der Waals surface area contributed by atoms with Crippen molar-refractivity contribution < 1.29 is 14.8 Å². The van der Waals surface area contributed by atoms with Gasteiger partial charge < -0.3 is 10.0 Å². The van der Waals surface area contributed by atoms with Crippen LogP contribution in [0, 0.1) is 10.1 Å². The van der Waals surface area contributed by atoms with E-state index in [1.165, 1.54) is 18.2 Å².